The van der Waals surface area contributed by atoms with Crippen LogP contribution in [-0.4, -0.2) is 59.4 Å². The Morgan fingerprint density at radius 2 is 2.05 bits per heavy atom. The van der Waals surface area contributed by atoms with Gasteiger partial charge in [0.05, 0.1) is 12.2 Å². The van der Waals surface area contributed by atoms with Crippen molar-refractivity contribution in [3.63, 3.8) is 0 Å². The van der Waals surface area contributed by atoms with E-state index in [0.29, 0.717) is 12.6 Å². The van der Waals surface area contributed by atoms with Gasteiger partial charge in [0.2, 0.25) is 0 Å². The molecule has 0 aliphatic rings. The summed E-state index contributed by atoms with van der Waals surface area (Å²) in [4.78, 5) is 4.67. The zero-order valence-corrected chi connectivity index (χ0v) is 13.0. The van der Waals surface area contributed by atoms with Crippen molar-refractivity contribution in [2.24, 2.45) is 5.73 Å². The van der Waals surface area contributed by atoms with E-state index in [9.17, 15) is 0 Å². The summed E-state index contributed by atoms with van der Waals surface area (Å²) in [6, 6.07) is 0.721. The fraction of sp³-hybridized carbons (Fsp3) is 0.786. The van der Waals surface area contributed by atoms with E-state index in [1.807, 2.05) is 10.9 Å². The van der Waals surface area contributed by atoms with Gasteiger partial charge in [0.25, 0.3) is 0 Å². The van der Waals surface area contributed by atoms with Crippen LogP contribution in [0.1, 0.15) is 32.4 Å². The Morgan fingerprint density at radius 3 is 2.47 bits per heavy atom. The first kappa shape index (κ1) is 16.1. The first-order valence-electron chi connectivity index (χ1n) is 7.16. The van der Waals surface area contributed by atoms with E-state index in [-0.39, 0.29) is 6.04 Å². The predicted octanol–water partition coefficient (Wildman–Crippen LogP) is 1.17. The largest absolute Gasteiger partial charge is 0.329 e. The van der Waals surface area contributed by atoms with Gasteiger partial charge in [-0.1, -0.05) is 6.92 Å². The second kappa shape index (κ2) is 7.62. The number of nitrogens with two attached hydrogens (primary N) is 1. The number of aromatic nitrogens is 2. The molecule has 1 heterocycles. The maximum Gasteiger partial charge on any atom is 0.0538 e. The molecule has 2 atom stereocenters. The smallest absolute Gasteiger partial charge is 0.0538 e. The van der Waals surface area contributed by atoms with Crippen molar-refractivity contribution in [2.45, 2.75) is 39.4 Å². The molecule has 110 valence electrons. The van der Waals surface area contributed by atoms with Gasteiger partial charge in [0.1, 0.15) is 0 Å². The number of aryl methyl sites for hydroxylation is 1. The van der Waals surface area contributed by atoms with Gasteiger partial charge in [-0.2, -0.15) is 5.10 Å². The van der Waals surface area contributed by atoms with E-state index >= 15 is 0 Å². The summed E-state index contributed by atoms with van der Waals surface area (Å²) in [6.07, 6.45) is 4.06. The predicted molar refractivity (Wildman–Crippen MR) is 80.1 cm³/mol. The molecule has 1 aromatic rings. The average Bonchev–Trinajstić information content (AvgIpc) is 2.83. The second-order valence-electron chi connectivity index (χ2n) is 5.32. The minimum atomic E-state index is 0.250. The summed E-state index contributed by atoms with van der Waals surface area (Å²) < 4.78 is 1.96. The van der Waals surface area contributed by atoms with Gasteiger partial charge in [-0.25, -0.2) is 0 Å². The third-order valence-corrected chi connectivity index (χ3v) is 3.55. The van der Waals surface area contributed by atoms with Crippen LogP contribution < -0.4 is 5.73 Å². The topological polar surface area (TPSA) is 50.3 Å². The molecule has 0 saturated carbocycles. The summed E-state index contributed by atoms with van der Waals surface area (Å²) in [7, 11) is 4.22. The molecule has 5 nitrogen and oxygen atoms in total. The number of hydrogen-bond donors (Lipinski definition) is 1. The zero-order valence-electron chi connectivity index (χ0n) is 13.0. The Labute approximate surface area is 117 Å². The minimum absolute atomic E-state index is 0.250. The number of nitrogens with zero attached hydrogens (tertiary/aromatic N) is 4. The van der Waals surface area contributed by atoms with Crippen molar-refractivity contribution < 1.29 is 0 Å². The second-order valence-corrected chi connectivity index (χ2v) is 5.32. The highest BCUT2D eigenvalue weighted by Gasteiger charge is 2.24. The summed E-state index contributed by atoms with van der Waals surface area (Å²) in [6.45, 7) is 10.1. The van der Waals surface area contributed by atoms with Crippen molar-refractivity contribution in [2.75, 3.05) is 33.7 Å². The fourth-order valence-electron chi connectivity index (χ4n) is 2.66. The minimum Gasteiger partial charge on any atom is -0.329 e. The van der Waals surface area contributed by atoms with Crippen molar-refractivity contribution in [1.29, 1.82) is 0 Å². The van der Waals surface area contributed by atoms with Crippen LogP contribution in [0.15, 0.2) is 12.4 Å². The van der Waals surface area contributed by atoms with Crippen molar-refractivity contribution in [3.8, 4) is 0 Å². The molecule has 19 heavy (non-hydrogen) atoms. The van der Waals surface area contributed by atoms with Crippen LogP contribution in [0.5, 0.6) is 0 Å². The van der Waals surface area contributed by atoms with Gasteiger partial charge >= 0.3 is 0 Å². The van der Waals surface area contributed by atoms with Crippen molar-refractivity contribution in [3.05, 3.63) is 18.0 Å². The van der Waals surface area contributed by atoms with Crippen LogP contribution in [0.25, 0.3) is 0 Å². The SMILES string of the molecule is CCN(C(C)CN(C)C)C(CN)c1cnn(CC)c1. The molecule has 0 radical (unpaired) electrons. The monoisotopic (exact) mass is 267 g/mol. The summed E-state index contributed by atoms with van der Waals surface area (Å²) >= 11 is 0. The molecule has 0 aliphatic heterocycles. The number of likely N-dealkylation sites (N-methyl/N-ethyl adjacent to an activating group) is 2. The lowest BCUT2D eigenvalue weighted by Gasteiger charge is -2.36. The molecular weight excluding hydrogens is 238 g/mol. The van der Waals surface area contributed by atoms with E-state index < -0.39 is 0 Å². The van der Waals surface area contributed by atoms with Crippen LogP contribution in [0.3, 0.4) is 0 Å². The zero-order chi connectivity index (χ0) is 14.4. The lowest BCUT2D eigenvalue weighted by molar-refractivity contribution is 0.131. The van der Waals surface area contributed by atoms with Gasteiger partial charge in [0.15, 0.2) is 0 Å². The Bertz CT molecular complexity index is 360. The molecular formula is C14H29N5. The third kappa shape index (κ3) is 4.30. The van der Waals surface area contributed by atoms with Gasteiger partial charge in [-0.05, 0) is 34.5 Å². The Kier molecular flexibility index (Phi) is 6.48. The molecule has 1 rings (SSSR count). The van der Waals surface area contributed by atoms with Crippen LogP contribution >= 0.6 is 0 Å². The van der Waals surface area contributed by atoms with E-state index in [0.717, 1.165) is 19.6 Å². The quantitative estimate of drug-likeness (QED) is 0.768. The Balaban J connectivity index is 2.85. The maximum atomic E-state index is 6.01. The fourth-order valence-corrected chi connectivity index (χ4v) is 2.66. The van der Waals surface area contributed by atoms with Crippen molar-refractivity contribution >= 4 is 0 Å². The summed E-state index contributed by atoms with van der Waals surface area (Å²) in [5, 5.41) is 4.36. The Hall–Kier alpha value is -0.910. The Morgan fingerprint density at radius 1 is 1.37 bits per heavy atom. The van der Waals surface area contributed by atoms with Gasteiger partial charge in [-0.3, -0.25) is 9.58 Å². The molecule has 1 aromatic heterocycles. The first-order valence-corrected chi connectivity index (χ1v) is 7.16. The van der Waals surface area contributed by atoms with Gasteiger partial charge in [0, 0.05) is 37.4 Å². The molecule has 0 spiro atoms. The summed E-state index contributed by atoms with van der Waals surface area (Å²) in [5.74, 6) is 0. The lowest BCUT2D eigenvalue weighted by atomic mass is 10.1. The van der Waals surface area contributed by atoms with E-state index in [1.54, 1.807) is 0 Å². The van der Waals surface area contributed by atoms with Crippen LogP contribution in [0.2, 0.25) is 0 Å². The van der Waals surface area contributed by atoms with Crippen LogP contribution in [0.4, 0.5) is 0 Å². The van der Waals surface area contributed by atoms with Gasteiger partial charge < -0.3 is 10.6 Å². The normalized spacial score (nSPS) is 15.2. The molecule has 0 bridgehead atoms. The van der Waals surface area contributed by atoms with Crippen molar-refractivity contribution in [1.82, 2.24) is 19.6 Å². The summed E-state index contributed by atoms with van der Waals surface area (Å²) in [5.41, 5.74) is 7.23. The molecule has 2 N–H and O–H groups in total. The van der Waals surface area contributed by atoms with E-state index in [1.165, 1.54) is 5.56 Å². The molecule has 0 aliphatic carbocycles. The van der Waals surface area contributed by atoms with Crippen LogP contribution in [0, 0.1) is 0 Å². The van der Waals surface area contributed by atoms with E-state index in [4.69, 9.17) is 5.73 Å². The van der Waals surface area contributed by atoms with Crippen LogP contribution in [-0.2, 0) is 6.54 Å². The molecule has 0 amide bonds. The number of hydrogen-bond acceptors (Lipinski definition) is 4. The van der Waals surface area contributed by atoms with E-state index in [2.05, 4.69) is 56.0 Å². The van der Waals surface area contributed by atoms with Gasteiger partial charge in [-0.15, -0.1) is 0 Å². The lowest BCUT2D eigenvalue weighted by Crippen LogP contribution is -2.44. The maximum absolute atomic E-state index is 6.01. The first-order chi connectivity index (χ1) is 9.03. The molecule has 0 saturated heterocycles. The molecule has 5 heteroatoms. The third-order valence-electron chi connectivity index (χ3n) is 3.55. The highest BCUT2D eigenvalue weighted by atomic mass is 15.3. The average molecular weight is 267 g/mol. The highest BCUT2D eigenvalue weighted by molar-refractivity contribution is 5.11. The molecule has 0 aromatic carbocycles. The number of rotatable bonds is 8. The molecule has 2 unspecified atom stereocenters. The molecule has 0 fully saturated rings. The standard InChI is InChI=1S/C14H29N5/c1-6-18-11-13(9-16-18)14(8-15)19(7-2)12(3)10-17(4)5/h9,11-12,14H,6-8,10,15H2,1-5H3. The highest BCUT2D eigenvalue weighted by Crippen LogP contribution is 2.21.